The van der Waals surface area contributed by atoms with Crippen molar-refractivity contribution in [2.75, 3.05) is 11.5 Å². The van der Waals surface area contributed by atoms with E-state index in [4.69, 9.17) is 10.2 Å². The highest BCUT2D eigenvalue weighted by atomic mass is 32.2. The second-order valence-corrected chi connectivity index (χ2v) is 3.85. The van der Waals surface area contributed by atoms with Crippen molar-refractivity contribution in [3.05, 3.63) is 24.2 Å². The highest BCUT2D eigenvalue weighted by molar-refractivity contribution is 7.99. The number of hydrogen-bond acceptors (Lipinski definition) is 3. The van der Waals surface area contributed by atoms with E-state index in [0.29, 0.717) is 0 Å². The lowest BCUT2D eigenvalue weighted by Gasteiger charge is -2.06. The fourth-order valence-electron chi connectivity index (χ4n) is 0.939. The zero-order valence-electron chi connectivity index (χ0n) is 7.32. The van der Waals surface area contributed by atoms with Gasteiger partial charge in [0.2, 0.25) is 0 Å². The number of rotatable bonds is 5. The normalized spacial score (nSPS) is 13.2. The summed E-state index contributed by atoms with van der Waals surface area (Å²) in [6, 6.07) is 3.85. The Morgan fingerprint density at radius 1 is 1.67 bits per heavy atom. The molecule has 1 aromatic rings. The summed E-state index contributed by atoms with van der Waals surface area (Å²) in [5.74, 6) is 3.01. The molecule has 0 aromatic carbocycles. The van der Waals surface area contributed by atoms with Gasteiger partial charge in [0, 0.05) is 5.75 Å². The van der Waals surface area contributed by atoms with Crippen LogP contribution in [0.1, 0.15) is 25.1 Å². The van der Waals surface area contributed by atoms with Crippen molar-refractivity contribution < 1.29 is 4.42 Å². The fraction of sp³-hybridized carbons (Fsp3) is 0.556. The molecule has 0 aliphatic rings. The molecule has 68 valence electrons. The summed E-state index contributed by atoms with van der Waals surface area (Å²) in [6.45, 7) is 2.17. The first-order valence-corrected chi connectivity index (χ1v) is 5.36. The molecule has 2 nitrogen and oxygen atoms in total. The van der Waals surface area contributed by atoms with Gasteiger partial charge >= 0.3 is 0 Å². The van der Waals surface area contributed by atoms with Gasteiger partial charge in [-0.25, -0.2) is 0 Å². The van der Waals surface area contributed by atoms with E-state index in [-0.39, 0.29) is 6.04 Å². The average molecular weight is 185 g/mol. The predicted octanol–water partition coefficient (Wildman–Crippen LogP) is 2.42. The zero-order valence-corrected chi connectivity index (χ0v) is 8.14. The SMILES string of the molecule is CCCSCC(N)c1ccco1. The Morgan fingerprint density at radius 2 is 2.50 bits per heavy atom. The second kappa shape index (κ2) is 5.27. The Balaban J connectivity index is 2.25. The molecule has 3 heteroatoms. The van der Waals surface area contributed by atoms with Crippen molar-refractivity contribution >= 4 is 11.8 Å². The Hall–Kier alpha value is -0.410. The van der Waals surface area contributed by atoms with Crippen molar-refractivity contribution in [3.8, 4) is 0 Å². The minimum absolute atomic E-state index is 0.0524. The van der Waals surface area contributed by atoms with Gasteiger partial charge in [-0.2, -0.15) is 11.8 Å². The highest BCUT2D eigenvalue weighted by Crippen LogP contribution is 2.16. The third-order valence-electron chi connectivity index (χ3n) is 1.55. The third-order valence-corrected chi connectivity index (χ3v) is 2.85. The third kappa shape index (κ3) is 2.91. The first-order valence-electron chi connectivity index (χ1n) is 4.21. The largest absolute Gasteiger partial charge is 0.468 e. The minimum atomic E-state index is 0.0524. The highest BCUT2D eigenvalue weighted by Gasteiger charge is 2.07. The van der Waals surface area contributed by atoms with E-state index in [1.54, 1.807) is 6.26 Å². The van der Waals surface area contributed by atoms with Crippen LogP contribution in [0.4, 0.5) is 0 Å². The van der Waals surface area contributed by atoms with Crippen LogP contribution in [0.2, 0.25) is 0 Å². The molecule has 1 unspecified atom stereocenters. The lowest BCUT2D eigenvalue weighted by molar-refractivity contribution is 0.482. The van der Waals surface area contributed by atoms with Crippen LogP contribution in [-0.2, 0) is 0 Å². The molecule has 2 N–H and O–H groups in total. The van der Waals surface area contributed by atoms with Gasteiger partial charge in [0.25, 0.3) is 0 Å². The Labute approximate surface area is 77.5 Å². The minimum Gasteiger partial charge on any atom is -0.468 e. The smallest absolute Gasteiger partial charge is 0.121 e. The van der Waals surface area contributed by atoms with Gasteiger partial charge in [-0.3, -0.25) is 0 Å². The standard InChI is InChI=1S/C9H15NOS/c1-2-6-12-7-8(10)9-4-3-5-11-9/h3-5,8H,2,6-7,10H2,1H3. The van der Waals surface area contributed by atoms with Gasteiger partial charge in [-0.1, -0.05) is 6.92 Å². The first-order chi connectivity index (χ1) is 5.84. The van der Waals surface area contributed by atoms with Gasteiger partial charge in [-0.05, 0) is 24.3 Å². The molecule has 1 heterocycles. The summed E-state index contributed by atoms with van der Waals surface area (Å²) in [5, 5.41) is 0. The zero-order chi connectivity index (χ0) is 8.81. The van der Waals surface area contributed by atoms with Crippen LogP contribution in [-0.4, -0.2) is 11.5 Å². The Morgan fingerprint density at radius 3 is 3.08 bits per heavy atom. The second-order valence-electron chi connectivity index (χ2n) is 2.70. The van der Waals surface area contributed by atoms with Crippen molar-refractivity contribution in [2.24, 2.45) is 5.73 Å². The lowest BCUT2D eigenvalue weighted by atomic mass is 10.3. The van der Waals surface area contributed by atoms with Crippen LogP contribution >= 0.6 is 11.8 Å². The molecule has 1 rings (SSSR count). The molecule has 0 aliphatic carbocycles. The molecular weight excluding hydrogens is 170 g/mol. The lowest BCUT2D eigenvalue weighted by Crippen LogP contribution is -2.12. The molecule has 12 heavy (non-hydrogen) atoms. The summed E-state index contributed by atoms with van der Waals surface area (Å²) >= 11 is 1.87. The molecule has 0 fully saturated rings. The van der Waals surface area contributed by atoms with Gasteiger partial charge in [-0.15, -0.1) is 0 Å². The van der Waals surface area contributed by atoms with E-state index in [1.165, 1.54) is 12.2 Å². The van der Waals surface area contributed by atoms with Crippen LogP contribution in [0.25, 0.3) is 0 Å². The van der Waals surface area contributed by atoms with E-state index in [0.717, 1.165) is 11.5 Å². The van der Waals surface area contributed by atoms with Gasteiger partial charge in [0.15, 0.2) is 0 Å². The molecule has 0 saturated carbocycles. The van der Waals surface area contributed by atoms with Gasteiger partial charge in [0.1, 0.15) is 5.76 Å². The summed E-state index contributed by atoms with van der Waals surface area (Å²) in [7, 11) is 0. The number of thioether (sulfide) groups is 1. The molecule has 0 radical (unpaired) electrons. The molecule has 0 amide bonds. The number of furan rings is 1. The molecule has 0 bridgehead atoms. The average Bonchev–Trinajstić information content (AvgIpc) is 2.56. The van der Waals surface area contributed by atoms with E-state index < -0.39 is 0 Å². The Bertz CT molecular complexity index is 198. The summed E-state index contributed by atoms with van der Waals surface area (Å²) in [4.78, 5) is 0. The van der Waals surface area contributed by atoms with Crippen molar-refractivity contribution in [3.63, 3.8) is 0 Å². The number of nitrogens with two attached hydrogens (primary N) is 1. The van der Waals surface area contributed by atoms with E-state index in [1.807, 2.05) is 23.9 Å². The Kier molecular flexibility index (Phi) is 4.25. The first kappa shape index (κ1) is 9.68. The van der Waals surface area contributed by atoms with Crippen LogP contribution in [0.3, 0.4) is 0 Å². The van der Waals surface area contributed by atoms with Gasteiger partial charge in [0.05, 0.1) is 12.3 Å². The predicted molar refractivity (Wildman–Crippen MR) is 53.3 cm³/mol. The van der Waals surface area contributed by atoms with Crippen LogP contribution < -0.4 is 5.73 Å². The summed E-state index contributed by atoms with van der Waals surface area (Å²) < 4.78 is 5.19. The maximum atomic E-state index is 5.87. The monoisotopic (exact) mass is 185 g/mol. The fourth-order valence-corrected chi connectivity index (χ4v) is 1.81. The van der Waals surface area contributed by atoms with Crippen molar-refractivity contribution in [1.82, 2.24) is 0 Å². The molecule has 1 aromatic heterocycles. The molecule has 0 spiro atoms. The van der Waals surface area contributed by atoms with Crippen molar-refractivity contribution in [2.45, 2.75) is 19.4 Å². The summed E-state index contributed by atoms with van der Waals surface area (Å²) in [6.07, 6.45) is 2.87. The molecule has 0 aliphatic heterocycles. The van der Waals surface area contributed by atoms with Gasteiger partial charge < -0.3 is 10.2 Å². The van der Waals surface area contributed by atoms with Crippen LogP contribution in [0, 0.1) is 0 Å². The van der Waals surface area contributed by atoms with Crippen molar-refractivity contribution in [1.29, 1.82) is 0 Å². The number of hydrogen-bond donors (Lipinski definition) is 1. The van der Waals surface area contributed by atoms with E-state index in [2.05, 4.69) is 6.92 Å². The van der Waals surface area contributed by atoms with E-state index in [9.17, 15) is 0 Å². The molecule has 0 saturated heterocycles. The summed E-state index contributed by atoms with van der Waals surface area (Å²) in [5.41, 5.74) is 5.87. The van der Waals surface area contributed by atoms with E-state index >= 15 is 0 Å². The van der Waals surface area contributed by atoms with Crippen LogP contribution in [0.5, 0.6) is 0 Å². The maximum absolute atomic E-state index is 5.87. The van der Waals surface area contributed by atoms with Crippen LogP contribution in [0.15, 0.2) is 22.8 Å². The quantitative estimate of drug-likeness (QED) is 0.716. The molecule has 1 atom stereocenters. The molecular formula is C9H15NOS. The topological polar surface area (TPSA) is 39.2 Å². The maximum Gasteiger partial charge on any atom is 0.121 e.